The molecule has 0 saturated carbocycles. The summed E-state index contributed by atoms with van der Waals surface area (Å²) in [6.45, 7) is 8.01. The van der Waals surface area contributed by atoms with Crippen LogP contribution in [0.15, 0.2) is 52.2 Å². The van der Waals surface area contributed by atoms with Crippen molar-refractivity contribution in [1.29, 1.82) is 0 Å². The zero-order valence-corrected chi connectivity index (χ0v) is 25.8. The number of imidazole rings is 1. The van der Waals surface area contributed by atoms with Gasteiger partial charge in [0, 0.05) is 11.6 Å². The largest absolute Gasteiger partial charge is 0.573 e. The van der Waals surface area contributed by atoms with E-state index < -0.39 is 27.7 Å². The molecule has 0 bridgehead atoms. The van der Waals surface area contributed by atoms with Crippen LogP contribution in [0.5, 0.6) is 11.5 Å². The lowest BCUT2D eigenvalue weighted by atomic mass is 9.97. The van der Waals surface area contributed by atoms with Gasteiger partial charge in [0.25, 0.3) is 15.6 Å². The third-order valence-corrected chi connectivity index (χ3v) is 8.50. The normalized spacial score (nSPS) is 12.8. The first kappa shape index (κ1) is 32.8. The molecule has 1 atom stereocenters. The summed E-state index contributed by atoms with van der Waals surface area (Å²) < 4.78 is 77.6. The zero-order chi connectivity index (χ0) is 32.1. The molecule has 2 aromatic carbocycles. The van der Waals surface area contributed by atoms with Gasteiger partial charge in [-0.2, -0.15) is 0 Å². The highest BCUT2D eigenvalue weighted by Crippen LogP contribution is 2.32. The number of ether oxygens (including phenoxy) is 2. The summed E-state index contributed by atoms with van der Waals surface area (Å²) in [4.78, 5) is 20.6. The van der Waals surface area contributed by atoms with Crippen LogP contribution < -0.4 is 19.8 Å². The first-order valence-corrected chi connectivity index (χ1v) is 16.0. The topological polar surface area (TPSA) is 128 Å². The molecule has 0 spiro atoms. The molecule has 1 unspecified atom stereocenters. The van der Waals surface area contributed by atoms with E-state index in [-0.39, 0.29) is 34.5 Å². The van der Waals surface area contributed by atoms with Crippen molar-refractivity contribution in [2.75, 3.05) is 11.3 Å². The molecule has 10 nitrogen and oxygen atoms in total. The van der Waals surface area contributed by atoms with Crippen molar-refractivity contribution in [3.8, 4) is 22.9 Å². The summed E-state index contributed by atoms with van der Waals surface area (Å²) in [5, 5.41) is 4.73. The predicted molar refractivity (Wildman–Crippen MR) is 161 cm³/mol. The molecule has 2 heterocycles. The third kappa shape index (κ3) is 7.71. The number of rotatable bonds is 14. The number of hydrogen-bond donors (Lipinski definition) is 2. The quantitative estimate of drug-likeness (QED) is 0.144. The van der Waals surface area contributed by atoms with Gasteiger partial charge in [0.2, 0.25) is 0 Å². The van der Waals surface area contributed by atoms with Crippen molar-refractivity contribution in [3.63, 3.8) is 0 Å². The Morgan fingerprint density at radius 1 is 1.05 bits per heavy atom. The molecule has 14 heteroatoms. The van der Waals surface area contributed by atoms with Crippen LogP contribution in [-0.4, -0.2) is 41.0 Å². The van der Waals surface area contributed by atoms with Gasteiger partial charge in [0.1, 0.15) is 17.3 Å². The minimum Gasteiger partial charge on any atom is -0.493 e. The van der Waals surface area contributed by atoms with E-state index in [1.807, 2.05) is 0 Å². The van der Waals surface area contributed by atoms with Crippen molar-refractivity contribution in [2.24, 2.45) is 0 Å². The Morgan fingerprint density at radius 3 is 2.41 bits per heavy atom. The lowest BCUT2D eigenvalue weighted by molar-refractivity contribution is -0.274. The monoisotopic (exact) mass is 635 g/mol. The summed E-state index contributed by atoms with van der Waals surface area (Å²) in [5.74, 6) is 0.647. The highest BCUT2D eigenvalue weighted by Gasteiger charge is 2.31. The molecule has 2 N–H and O–H groups in total. The number of nitrogens with zero attached hydrogens (tertiary/aromatic N) is 3. The number of benzene rings is 2. The van der Waals surface area contributed by atoms with Gasteiger partial charge >= 0.3 is 6.36 Å². The molecule has 4 aromatic rings. The van der Waals surface area contributed by atoms with Gasteiger partial charge in [0.05, 0.1) is 22.8 Å². The van der Waals surface area contributed by atoms with Crippen LogP contribution in [0, 0.1) is 6.92 Å². The van der Waals surface area contributed by atoms with E-state index >= 15 is 0 Å². The Kier molecular flexibility index (Phi) is 10.2. The highest BCUT2D eigenvalue weighted by atomic mass is 32.2. The SMILES string of the molecule is CCCCCCC(CC)c1nc(C)c2c(=O)[nH]c(-c3cc(S(=O)(=O)Nc4ccc(OC(F)(F)F)cc4)ccc3OCC)nn12. The second-order valence-corrected chi connectivity index (χ2v) is 12.0. The fraction of sp³-hybridized carbons (Fsp3) is 0.433. The zero-order valence-electron chi connectivity index (χ0n) is 25.0. The molecule has 2 aromatic heterocycles. The van der Waals surface area contributed by atoms with Gasteiger partial charge in [0.15, 0.2) is 11.3 Å². The van der Waals surface area contributed by atoms with Crippen LogP contribution in [-0.2, 0) is 10.0 Å². The molecule has 0 aliphatic carbocycles. The standard InChI is InChI=1S/C30H36F3N5O5S/c1-5-8-9-10-11-20(6-2)28-34-19(4)26-29(39)35-27(36-38(26)28)24-18-23(16-17-25(24)42-7-3)44(40,41)37-21-12-14-22(15-13-21)43-30(31,32)33/h12-18,20,37H,5-11H2,1-4H3,(H,35,36,39). The fourth-order valence-corrected chi connectivity index (χ4v) is 6.08. The van der Waals surface area contributed by atoms with Crippen LogP contribution in [0.4, 0.5) is 18.9 Å². The van der Waals surface area contributed by atoms with Gasteiger partial charge in [-0.3, -0.25) is 9.52 Å². The van der Waals surface area contributed by atoms with Crippen LogP contribution in [0.2, 0.25) is 0 Å². The summed E-state index contributed by atoms with van der Waals surface area (Å²) in [7, 11) is -4.22. The van der Waals surface area contributed by atoms with Gasteiger partial charge in [-0.15, -0.1) is 18.3 Å². The third-order valence-electron chi connectivity index (χ3n) is 7.12. The Hall–Kier alpha value is -4.07. The van der Waals surface area contributed by atoms with E-state index in [1.54, 1.807) is 18.4 Å². The molecule has 4 rings (SSSR count). The van der Waals surface area contributed by atoms with Gasteiger partial charge in [-0.1, -0.05) is 39.5 Å². The number of alkyl halides is 3. The van der Waals surface area contributed by atoms with E-state index in [9.17, 15) is 26.4 Å². The first-order valence-electron chi connectivity index (χ1n) is 14.5. The maximum atomic E-state index is 13.3. The number of nitrogens with one attached hydrogen (secondary N) is 2. The van der Waals surface area contributed by atoms with Crippen molar-refractivity contribution in [2.45, 2.75) is 83.4 Å². The highest BCUT2D eigenvalue weighted by molar-refractivity contribution is 7.92. The van der Waals surface area contributed by atoms with E-state index in [0.29, 0.717) is 22.8 Å². The van der Waals surface area contributed by atoms with Gasteiger partial charge < -0.3 is 14.5 Å². The Bertz CT molecular complexity index is 1750. The molecule has 0 amide bonds. The Balaban J connectivity index is 1.73. The molecular formula is C30H36F3N5O5S. The Labute approximate surface area is 253 Å². The predicted octanol–water partition coefficient (Wildman–Crippen LogP) is 6.96. The molecule has 44 heavy (non-hydrogen) atoms. The lowest BCUT2D eigenvalue weighted by Gasteiger charge is -2.15. The number of anilines is 1. The summed E-state index contributed by atoms with van der Waals surface area (Å²) in [6, 6.07) is 8.40. The fourth-order valence-electron chi connectivity index (χ4n) is 4.99. The van der Waals surface area contributed by atoms with Gasteiger partial charge in [-0.25, -0.2) is 17.9 Å². The number of sulfonamides is 1. The summed E-state index contributed by atoms with van der Waals surface area (Å²) in [5.41, 5.74) is 0.686. The van der Waals surface area contributed by atoms with Crippen molar-refractivity contribution in [1.82, 2.24) is 19.6 Å². The maximum Gasteiger partial charge on any atom is 0.573 e. The molecule has 0 saturated heterocycles. The summed E-state index contributed by atoms with van der Waals surface area (Å²) >= 11 is 0. The average Bonchev–Trinajstić information content (AvgIpc) is 3.30. The Morgan fingerprint density at radius 2 is 1.77 bits per heavy atom. The van der Waals surface area contributed by atoms with Crippen LogP contribution >= 0.6 is 0 Å². The van der Waals surface area contributed by atoms with E-state index in [0.717, 1.165) is 62.8 Å². The number of fused-ring (bicyclic) bond motifs is 1. The van der Waals surface area contributed by atoms with Gasteiger partial charge in [-0.05, 0) is 69.2 Å². The van der Waals surface area contributed by atoms with E-state index in [2.05, 4.69) is 28.3 Å². The second-order valence-electron chi connectivity index (χ2n) is 10.3. The number of unbranched alkanes of at least 4 members (excludes halogenated alkanes) is 3. The van der Waals surface area contributed by atoms with E-state index in [4.69, 9.17) is 14.8 Å². The van der Waals surface area contributed by atoms with Crippen molar-refractivity contribution >= 4 is 21.2 Å². The molecule has 0 aliphatic rings. The molecular weight excluding hydrogens is 599 g/mol. The number of H-pyrrole nitrogens is 1. The molecule has 0 fully saturated rings. The van der Waals surface area contributed by atoms with Crippen LogP contribution in [0.1, 0.15) is 76.7 Å². The maximum absolute atomic E-state index is 13.3. The second kappa shape index (κ2) is 13.7. The van der Waals surface area contributed by atoms with E-state index in [1.165, 1.54) is 18.2 Å². The number of aromatic nitrogens is 4. The molecule has 0 aliphatic heterocycles. The number of halogens is 3. The minimum atomic E-state index is -4.87. The van der Waals surface area contributed by atoms with Crippen LogP contribution in [0.3, 0.4) is 0 Å². The minimum absolute atomic E-state index is 0.0194. The molecule has 238 valence electrons. The number of aromatic amines is 1. The first-order chi connectivity index (χ1) is 20.9. The molecule has 0 radical (unpaired) electrons. The number of hydrogen-bond acceptors (Lipinski definition) is 7. The summed E-state index contributed by atoms with van der Waals surface area (Å²) in [6.07, 6.45) is 1.22. The average molecular weight is 636 g/mol. The van der Waals surface area contributed by atoms with Crippen molar-refractivity contribution < 1.29 is 31.1 Å². The lowest BCUT2D eigenvalue weighted by Crippen LogP contribution is -2.18. The smallest absolute Gasteiger partial charge is 0.493 e. The van der Waals surface area contributed by atoms with Crippen molar-refractivity contribution in [3.05, 3.63) is 64.3 Å². The number of aryl methyl sites for hydroxylation is 1. The van der Waals surface area contributed by atoms with Crippen LogP contribution in [0.25, 0.3) is 16.9 Å².